The first-order valence-corrected chi connectivity index (χ1v) is 8.25. The molecule has 2 aromatic carbocycles. The lowest BCUT2D eigenvalue weighted by Gasteiger charge is -2.22. The molecule has 0 spiro atoms. The van der Waals surface area contributed by atoms with Crippen molar-refractivity contribution < 1.29 is 28.4 Å². The van der Waals surface area contributed by atoms with Crippen LogP contribution in [-0.4, -0.2) is 42.0 Å². The van der Waals surface area contributed by atoms with Gasteiger partial charge in [-0.05, 0) is 36.8 Å². The Hall–Kier alpha value is -3.49. The number of hydrogen-bond acceptors (Lipinski definition) is 6. The van der Waals surface area contributed by atoms with E-state index in [-0.39, 0.29) is 17.9 Å². The quantitative estimate of drug-likeness (QED) is 0.409. The van der Waals surface area contributed by atoms with E-state index < -0.39 is 34.4 Å². The Morgan fingerprint density at radius 3 is 2.57 bits per heavy atom. The molecule has 0 aliphatic heterocycles. The van der Waals surface area contributed by atoms with E-state index in [0.717, 1.165) is 13.2 Å². The van der Waals surface area contributed by atoms with Gasteiger partial charge < -0.3 is 14.4 Å². The predicted octanol–water partition coefficient (Wildman–Crippen LogP) is 2.95. The molecule has 0 saturated heterocycles. The van der Waals surface area contributed by atoms with Gasteiger partial charge in [0, 0.05) is 19.7 Å². The van der Waals surface area contributed by atoms with E-state index in [1.807, 2.05) is 0 Å². The molecule has 8 nitrogen and oxygen atoms in total. The first-order valence-electron chi connectivity index (χ1n) is 8.25. The van der Waals surface area contributed by atoms with E-state index in [2.05, 4.69) is 4.74 Å². The van der Waals surface area contributed by atoms with Crippen molar-refractivity contribution in [3.05, 3.63) is 69.5 Å². The van der Waals surface area contributed by atoms with Gasteiger partial charge >= 0.3 is 11.7 Å². The third-order valence-electron chi connectivity index (χ3n) is 3.91. The molecule has 0 aliphatic carbocycles. The largest absolute Gasteiger partial charge is 0.474 e. The van der Waals surface area contributed by atoms with Crippen molar-refractivity contribution in [1.82, 2.24) is 4.90 Å². The summed E-state index contributed by atoms with van der Waals surface area (Å²) in [5.41, 5.74) is 0.121. The Morgan fingerprint density at radius 2 is 1.96 bits per heavy atom. The fourth-order valence-electron chi connectivity index (χ4n) is 2.54. The second-order valence-electron chi connectivity index (χ2n) is 6.02. The highest BCUT2D eigenvalue weighted by atomic mass is 19.1. The minimum atomic E-state index is -1.04. The fraction of sp³-hybridized carbons (Fsp3) is 0.263. The van der Waals surface area contributed by atoms with Crippen LogP contribution < -0.4 is 4.74 Å². The summed E-state index contributed by atoms with van der Waals surface area (Å²) in [5, 5.41) is 11.3. The van der Waals surface area contributed by atoms with Crippen molar-refractivity contribution in [1.29, 1.82) is 0 Å². The number of halogens is 1. The number of hydrogen-bond donors (Lipinski definition) is 0. The zero-order chi connectivity index (χ0) is 20.8. The van der Waals surface area contributed by atoms with Gasteiger partial charge in [0.1, 0.15) is 5.82 Å². The van der Waals surface area contributed by atoms with Gasteiger partial charge in [0.15, 0.2) is 11.9 Å². The van der Waals surface area contributed by atoms with Gasteiger partial charge in [-0.3, -0.25) is 14.9 Å². The molecule has 0 aromatic heterocycles. The standard InChI is InChI=1S/C19H19FN2O6/c1-12(18(23)21(2)11-13-5-4-6-15(20)9-13)28-17-8-7-14(19(24)27-3)10-16(17)22(25)26/h4-10,12H,11H2,1-3H3/t12-/m1/s1. The van der Waals surface area contributed by atoms with Crippen LogP contribution in [0.2, 0.25) is 0 Å². The molecule has 0 saturated carbocycles. The highest BCUT2D eigenvalue weighted by Gasteiger charge is 2.25. The Morgan fingerprint density at radius 1 is 1.25 bits per heavy atom. The summed E-state index contributed by atoms with van der Waals surface area (Å²) < 4.78 is 23.3. The van der Waals surface area contributed by atoms with E-state index >= 15 is 0 Å². The van der Waals surface area contributed by atoms with Gasteiger partial charge in [-0.15, -0.1) is 0 Å². The summed E-state index contributed by atoms with van der Waals surface area (Å²) in [4.78, 5) is 35.9. The van der Waals surface area contributed by atoms with Crippen LogP contribution in [0.5, 0.6) is 5.75 Å². The zero-order valence-electron chi connectivity index (χ0n) is 15.5. The number of likely N-dealkylation sites (N-methyl/N-ethyl adjacent to an activating group) is 1. The summed E-state index contributed by atoms with van der Waals surface area (Å²) in [6.45, 7) is 1.59. The first-order chi connectivity index (χ1) is 13.2. The van der Waals surface area contributed by atoms with Crippen molar-refractivity contribution in [2.75, 3.05) is 14.2 Å². The normalized spacial score (nSPS) is 11.4. The van der Waals surface area contributed by atoms with Gasteiger partial charge in [-0.1, -0.05) is 12.1 Å². The smallest absolute Gasteiger partial charge is 0.338 e. The molecule has 2 rings (SSSR count). The Bertz CT molecular complexity index is 902. The average molecular weight is 390 g/mol. The molecule has 0 radical (unpaired) electrons. The lowest BCUT2D eigenvalue weighted by Crippen LogP contribution is -2.37. The van der Waals surface area contributed by atoms with Crippen molar-refractivity contribution in [3.8, 4) is 5.75 Å². The van der Waals surface area contributed by atoms with E-state index in [9.17, 15) is 24.1 Å². The van der Waals surface area contributed by atoms with Crippen LogP contribution in [0.1, 0.15) is 22.8 Å². The van der Waals surface area contributed by atoms with Crippen molar-refractivity contribution in [2.24, 2.45) is 0 Å². The van der Waals surface area contributed by atoms with E-state index in [0.29, 0.717) is 5.56 Å². The predicted molar refractivity (Wildman–Crippen MR) is 97.4 cm³/mol. The Labute approximate surface area is 160 Å². The molecule has 28 heavy (non-hydrogen) atoms. The van der Waals surface area contributed by atoms with Crippen molar-refractivity contribution in [2.45, 2.75) is 19.6 Å². The highest BCUT2D eigenvalue weighted by Crippen LogP contribution is 2.29. The average Bonchev–Trinajstić information content (AvgIpc) is 2.66. The second-order valence-corrected chi connectivity index (χ2v) is 6.02. The second kappa shape index (κ2) is 8.94. The van der Waals surface area contributed by atoms with Crippen LogP contribution >= 0.6 is 0 Å². The number of amides is 1. The van der Waals surface area contributed by atoms with Crippen LogP contribution in [0.25, 0.3) is 0 Å². The minimum Gasteiger partial charge on any atom is -0.474 e. The molecule has 0 heterocycles. The lowest BCUT2D eigenvalue weighted by atomic mass is 10.2. The van der Waals surface area contributed by atoms with E-state index in [1.165, 1.54) is 49.2 Å². The van der Waals surface area contributed by atoms with Gasteiger partial charge in [-0.25, -0.2) is 9.18 Å². The third kappa shape index (κ3) is 5.03. The maximum atomic E-state index is 13.3. The SMILES string of the molecule is COC(=O)c1ccc(O[C@H](C)C(=O)N(C)Cc2cccc(F)c2)c([N+](=O)[O-])c1. The number of carbonyl (C=O) groups is 2. The molecule has 1 atom stereocenters. The molecule has 0 unspecified atom stereocenters. The summed E-state index contributed by atoms with van der Waals surface area (Å²) in [6, 6.07) is 9.39. The van der Waals surface area contributed by atoms with Gasteiger partial charge in [0.2, 0.25) is 0 Å². The number of nitro benzene ring substituents is 1. The van der Waals surface area contributed by atoms with Crippen LogP contribution in [0.15, 0.2) is 42.5 Å². The van der Waals surface area contributed by atoms with Crippen molar-refractivity contribution >= 4 is 17.6 Å². The number of carbonyl (C=O) groups excluding carboxylic acids is 2. The molecular weight excluding hydrogens is 371 g/mol. The number of nitrogens with zero attached hydrogens (tertiary/aromatic N) is 2. The van der Waals surface area contributed by atoms with Crippen LogP contribution in [0, 0.1) is 15.9 Å². The maximum absolute atomic E-state index is 13.3. The van der Waals surface area contributed by atoms with Crippen LogP contribution in [-0.2, 0) is 16.1 Å². The Balaban J connectivity index is 2.14. The number of ether oxygens (including phenoxy) is 2. The number of esters is 1. The minimum absolute atomic E-state index is 0.0104. The van der Waals surface area contributed by atoms with Gasteiger partial charge in [0.25, 0.3) is 5.91 Å². The molecule has 9 heteroatoms. The molecule has 0 N–H and O–H groups in total. The molecule has 0 fully saturated rings. The summed E-state index contributed by atoms with van der Waals surface area (Å²) >= 11 is 0. The zero-order valence-corrected chi connectivity index (χ0v) is 15.5. The molecule has 148 valence electrons. The molecule has 2 aromatic rings. The van der Waals surface area contributed by atoms with Crippen LogP contribution in [0.3, 0.4) is 0 Å². The number of benzene rings is 2. The Kier molecular flexibility index (Phi) is 6.64. The van der Waals surface area contributed by atoms with E-state index in [4.69, 9.17) is 4.74 Å². The fourth-order valence-corrected chi connectivity index (χ4v) is 2.54. The topological polar surface area (TPSA) is 99.0 Å². The number of methoxy groups -OCH3 is 1. The summed E-state index contributed by atoms with van der Waals surface area (Å²) in [7, 11) is 2.68. The monoisotopic (exact) mass is 390 g/mol. The van der Waals surface area contributed by atoms with E-state index in [1.54, 1.807) is 6.07 Å². The molecule has 0 bridgehead atoms. The van der Waals surface area contributed by atoms with Gasteiger partial charge in [0.05, 0.1) is 17.6 Å². The highest BCUT2D eigenvalue weighted by molar-refractivity contribution is 5.90. The molecular formula is C19H19FN2O6. The molecule has 1 amide bonds. The lowest BCUT2D eigenvalue weighted by molar-refractivity contribution is -0.386. The number of nitro groups is 1. The van der Waals surface area contributed by atoms with Crippen molar-refractivity contribution in [3.63, 3.8) is 0 Å². The third-order valence-corrected chi connectivity index (χ3v) is 3.91. The summed E-state index contributed by atoms with van der Waals surface area (Å²) in [6.07, 6.45) is -1.04. The summed E-state index contributed by atoms with van der Waals surface area (Å²) in [5.74, 6) is -1.74. The molecule has 0 aliphatic rings. The van der Waals surface area contributed by atoms with Crippen LogP contribution in [0.4, 0.5) is 10.1 Å². The number of rotatable bonds is 7. The first kappa shape index (κ1) is 20.8. The van der Waals surface area contributed by atoms with Gasteiger partial charge in [-0.2, -0.15) is 0 Å². The maximum Gasteiger partial charge on any atom is 0.338 e.